The summed E-state index contributed by atoms with van der Waals surface area (Å²) in [6.45, 7) is 6.91. The van der Waals surface area contributed by atoms with Crippen molar-refractivity contribution in [2.75, 3.05) is 23.8 Å². The second-order valence-electron chi connectivity index (χ2n) is 6.30. The van der Waals surface area contributed by atoms with Crippen molar-refractivity contribution in [3.63, 3.8) is 0 Å². The van der Waals surface area contributed by atoms with Crippen LogP contribution in [0.25, 0.3) is 0 Å². The largest absolute Gasteiger partial charge is 0.462 e. The van der Waals surface area contributed by atoms with E-state index in [-0.39, 0.29) is 11.9 Å². The van der Waals surface area contributed by atoms with Crippen LogP contribution in [0.4, 0.5) is 11.4 Å². The molecule has 2 aromatic carbocycles. The van der Waals surface area contributed by atoms with Crippen molar-refractivity contribution in [1.29, 1.82) is 0 Å². The maximum absolute atomic E-state index is 12.0. The lowest BCUT2D eigenvalue weighted by Gasteiger charge is -2.10. The minimum absolute atomic E-state index is 0.0436. The lowest BCUT2D eigenvalue weighted by Crippen LogP contribution is -2.16. The molecule has 0 aliphatic heterocycles. The van der Waals surface area contributed by atoms with Crippen LogP contribution in [0.3, 0.4) is 0 Å². The van der Waals surface area contributed by atoms with Crippen LogP contribution >= 0.6 is 0 Å². The van der Waals surface area contributed by atoms with Gasteiger partial charge in [-0.15, -0.1) is 0 Å². The summed E-state index contributed by atoms with van der Waals surface area (Å²) in [5, 5.41) is 6.06. The van der Waals surface area contributed by atoms with Gasteiger partial charge < -0.3 is 15.4 Å². The Kier molecular flexibility index (Phi) is 7.21. The first-order chi connectivity index (χ1) is 12.5. The van der Waals surface area contributed by atoms with Crippen molar-refractivity contribution < 1.29 is 14.3 Å². The van der Waals surface area contributed by atoms with Crippen LogP contribution in [0.15, 0.2) is 48.5 Å². The monoisotopic (exact) mass is 354 g/mol. The Morgan fingerprint density at radius 1 is 0.962 bits per heavy atom. The van der Waals surface area contributed by atoms with Crippen LogP contribution in [-0.4, -0.2) is 25.0 Å². The van der Waals surface area contributed by atoms with Crippen molar-refractivity contribution in [1.82, 2.24) is 0 Å². The Morgan fingerprint density at radius 2 is 1.58 bits per heavy atom. The molecule has 1 amide bonds. The average Bonchev–Trinajstić information content (AvgIpc) is 2.63. The zero-order chi connectivity index (χ0) is 18.9. The van der Waals surface area contributed by atoms with Gasteiger partial charge >= 0.3 is 5.97 Å². The van der Waals surface area contributed by atoms with Gasteiger partial charge in [0.15, 0.2) is 0 Å². The third kappa shape index (κ3) is 5.92. The van der Waals surface area contributed by atoms with Crippen molar-refractivity contribution in [2.24, 2.45) is 0 Å². The average molecular weight is 354 g/mol. The lowest BCUT2D eigenvalue weighted by molar-refractivity contribution is -0.115. The molecule has 2 rings (SSSR count). The summed E-state index contributed by atoms with van der Waals surface area (Å²) >= 11 is 0. The van der Waals surface area contributed by atoms with Crippen LogP contribution in [0.2, 0.25) is 0 Å². The fourth-order valence-corrected chi connectivity index (χ4v) is 2.43. The van der Waals surface area contributed by atoms with Crippen LogP contribution in [0.5, 0.6) is 0 Å². The fourth-order valence-electron chi connectivity index (χ4n) is 2.43. The number of nitrogens with one attached hydrogen (secondary N) is 2. The SMILES string of the molecule is CCOC(=O)c1ccc(NCCC(=O)Nc2ccc(C(C)C)cc2)cc1. The van der Waals surface area contributed by atoms with Crippen LogP contribution in [-0.2, 0) is 9.53 Å². The molecule has 2 N–H and O–H groups in total. The third-order valence-electron chi connectivity index (χ3n) is 3.94. The molecule has 0 aliphatic carbocycles. The molecule has 0 unspecified atom stereocenters. The lowest BCUT2D eigenvalue weighted by atomic mass is 10.0. The summed E-state index contributed by atoms with van der Waals surface area (Å²) in [5.41, 5.74) is 3.42. The van der Waals surface area contributed by atoms with E-state index in [0.29, 0.717) is 31.1 Å². The Hall–Kier alpha value is -2.82. The normalized spacial score (nSPS) is 10.5. The number of anilines is 2. The number of amides is 1. The Bertz CT molecular complexity index is 722. The molecule has 138 valence electrons. The van der Waals surface area contributed by atoms with E-state index in [9.17, 15) is 9.59 Å². The van der Waals surface area contributed by atoms with Gasteiger partial charge in [-0.2, -0.15) is 0 Å². The van der Waals surface area contributed by atoms with Gasteiger partial charge in [0.05, 0.1) is 12.2 Å². The number of hydrogen-bond donors (Lipinski definition) is 2. The molecule has 0 fully saturated rings. The topological polar surface area (TPSA) is 67.4 Å². The molecule has 0 saturated heterocycles. The van der Waals surface area contributed by atoms with Gasteiger partial charge in [0.2, 0.25) is 5.91 Å². The molecule has 26 heavy (non-hydrogen) atoms. The first kappa shape index (κ1) is 19.5. The van der Waals surface area contributed by atoms with E-state index in [0.717, 1.165) is 11.4 Å². The maximum Gasteiger partial charge on any atom is 0.338 e. The molecule has 5 heteroatoms. The number of carbonyl (C=O) groups excluding carboxylic acids is 2. The van der Waals surface area contributed by atoms with Gasteiger partial charge in [0.1, 0.15) is 0 Å². The predicted octanol–water partition coefficient (Wildman–Crippen LogP) is 4.43. The molecule has 2 aromatic rings. The van der Waals surface area contributed by atoms with Crippen LogP contribution in [0, 0.1) is 0 Å². The van der Waals surface area contributed by atoms with E-state index >= 15 is 0 Å². The molecule has 0 heterocycles. The number of benzene rings is 2. The van der Waals surface area contributed by atoms with Crippen molar-refractivity contribution in [2.45, 2.75) is 33.1 Å². The highest BCUT2D eigenvalue weighted by Gasteiger charge is 2.06. The molecule has 0 atom stereocenters. The minimum atomic E-state index is -0.332. The zero-order valence-electron chi connectivity index (χ0n) is 15.5. The first-order valence-corrected chi connectivity index (χ1v) is 8.90. The van der Waals surface area contributed by atoms with E-state index in [1.54, 1.807) is 31.2 Å². The Balaban J connectivity index is 1.76. The molecule has 0 spiro atoms. The summed E-state index contributed by atoms with van der Waals surface area (Å²) in [5.74, 6) is 0.0963. The summed E-state index contributed by atoms with van der Waals surface area (Å²) in [6, 6.07) is 14.9. The van der Waals surface area contributed by atoms with Crippen molar-refractivity contribution in [3.8, 4) is 0 Å². The summed E-state index contributed by atoms with van der Waals surface area (Å²) in [6.07, 6.45) is 0.353. The highest BCUT2D eigenvalue weighted by molar-refractivity contribution is 5.91. The van der Waals surface area contributed by atoms with E-state index in [2.05, 4.69) is 24.5 Å². The number of carbonyl (C=O) groups is 2. The van der Waals surface area contributed by atoms with Gasteiger partial charge in [0, 0.05) is 24.3 Å². The summed E-state index contributed by atoms with van der Waals surface area (Å²) in [7, 11) is 0. The molecular weight excluding hydrogens is 328 g/mol. The highest BCUT2D eigenvalue weighted by atomic mass is 16.5. The molecule has 0 aromatic heterocycles. The molecule has 0 aliphatic rings. The van der Waals surface area contributed by atoms with Gasteiger partial charge in [-0.05, 0) is 54.8 Å². The summed E-state index contributed by atoms with van der Waals surface area (Å²) in [4.78, 5) is 23.6. The van der Waals surface area contributed by atoms with E-state index < -0.39 is 0 Å². The van der Waals surface area contributed by atoms with Gasteiger partial charge in [-0.3, -0.25) is 4.79 Å². The number of ether oxygens (including phenoxy) is 1. The first-order valence-electron chi connectivity index (χ1n) is 8.90. The molecule has 0 radical (unpaired) electrons. The molecule has 0 saturated carbocycles. The second-order valence-corrected chi connectivity index (χ2v) is 6.30. The minimum Gasteiger partial charge on any atom is -0.462 e. The van der Waals surface area contributed by atoms with E-state index in [1.807, 2.05) is 24.3 Å². The van der Waals surface area contributed by atoms with E-state index in [4.69, 9.17) is 4.74 Å². The van der Waals surface area contributed by atoms with Gasteiger partial charge in [-0.25, -0.2) is 4.79 Å². The van der Waals surface area contributed by atoms with Gasteiger partial charge in [-0.1, -0.05) is 26.0 Å². The Morgan fingerprint density at radius 3 is 2.15 bits per heavy atom. The number of esters is 1. The third-order valence-corrected chi connectivity index (χ3v) is 3.94. The highest BCUT2D eigenvalue weighted by Crippen LogP contribution is 2.17. The fraction of sp³-hybridized carbons (Fsp3) is 0.333. The molecule has 5 nitrogen and oxygen atoms in total. The smallest absolute Gasteiger partial charge is 0.338 e. The zero-order valence-corrected chi connectivity index (χ0v) is 15.5. The second kappa shape index (κ2) is 9.61. The quantitative estimate of drug-likeness (QED) is 0.688. The molecular formula is C21H26N2O3. The van der Waals surface area contributed by atoms with Crippen LogP contribution in [0.1, 0.15) is 49.0 Å². The maximum atomic E-state index is 12.0. The summed E-state index contributed by atoms with van der Waals surface area (Å²) < 4.78 is 4.95. The van der Waals surface area contributed by atoms with Gasteiger partial charge in [0.25, 0.3) is 0 Å². The predicted molar refractivity (Wildman–Crippen MR) is 105 cm³/mol. The Labute approximate surface area is 154 Å². The number of rotatable bonds is 8. The standard InChI is InChI=1S/C21H26N2O3/c1-4-26-21(25)17-7-9-18(10-8-17)22-14-13-20(24)23-19-11-5-16(6-12-19)15(2)3/h5-12,15,22H,4,13-14H2,1-3H3,(H,23,24). The van der Waals surface area contributed by atoms with Crippen molar-refractivity contribution in [3.05, 3.63) is 59.7 Å². The van der Waals surface area contributed by atoms with Crippen molar-refractivity contribution >= 4 is 23.3 Å². The molecule has 0 bridgehead atoms. The van der Waals surface area contributed by atoms with E-state index in [1.165, 1.54) is 5.56 Å². The van der Waals surface area contributed by atoms with Crippen LogP contribution < -0.4 is 10.6 Å². The number of hydrogen-bond acceptors (Lipinski definition) is 4.